The molecule has 1 atom stereocenters. The minimum absolute atomic E-state index is 0.810. The van der Waals surface area contributed by atoms with Gasteiger partial charge >= 0.3 is 0 Å². The van der Waals surface area contributed by atoms with Crippen molar-refractivity contribution < 1.29 is 0 Å². The lowest BCUT2D eigenvalue weighted by atomic mass is 9.99. The van der Waals surface area contributed by atoms with Gasteiger partial charge in [0.15, 0.2) is 0 Å². The highest BCUT2D eigenvalue weighted by Crippen LogP contribution is 2.19. The van der Waals surface area contributed by atoms with Crippen LogP contribution in [-0.4, -0.2) is 24.2 Å². The lowest BCUT2D eigenvalue weighted by Gasteiger charge is -2.31. The standard InChI is InChI=1S/C20H25N3/c1-17-8-7-13-23(15-17)16-19-10-6-5-9-18(19)14-21-22-20-11-3-2-4-12-20/h2-6,9-12,14,17,22H,7-8,13,15-16H2,1H3. The Bertz CT molecular complexity index is 636. The maximum absolute atomic E-state index is 4.39. The smallest absolute Gasteiger partial charge is 0.0561 e. The quantitative estimate of drug-likeness (QED) is 0.656. The van der Waals surface area contributed by atoms with Crippen molar-refractivity contribution in [1.29, 1.82) is 0 Å². The molecule has 1 N–H and O–H groups in total. The van der Waals surface area contributed by atoms with Gasteiger partial charge in [-0.05, 0) is 48.6 Å². The van der Waals surface area contributed by atoms with Crippen LogP contribution in [0.3, 0.4) is 0 Å². The molecule has 1 fully saturated rings. The third-order valence-electron chi connectivity index (χ3n) is 4.36. The van der Waals surface area contributed by atoms with Gasteiger partial charge < -0.3 is 0 Å². The fourth-order valence-electron chi connectivity index (χ4n) is 3.16. The molecule has 1 unspecified atom stereocenters. The van der Waals surface area contributed by atoms with E-state index in [1.165, 1.54) is 37.1 Å². The molecule has 1 heterocycles. The van der Waals surface area contributed by atoms with Gasteiger partial charge in [0, 0.05) is 13.1 Å². The maximum atomic E-state index is 4.39. The first-order valence-electron chi connectivity index (χ1n) is 8.45. The van der Waals surface area contributed by atoms with Crippen LogP contribution in [0.4, 0.5) is 5.69 Å². The summed E-state index contributed by atoms with van der Waals surface area (Å²) in [7, 11) is 0. The van der Waals surface area contributed by atoms with Crippen LogP contribution in [0.5, 0.6) is 0 Å². The molecule has 0 saturated carbocycles. The summed E-state index contributed by atoms with van der Waals surface area (Å²) in [5.74, 6) is 0.810. The molecule has 0 radical (unpaired) electrons. The Morgan fingerprint density at radius 2 is 1.91 bits per heavy atom. The number of hydrogen-bond donors (Lipinski definition) is 1. The van der Waals surface area contributed by atoms with Gasteiger partial charge in [-0.25, -0.2) is 0 Å². The average Bonchev–Trinajstić information content (AvgIpc) is 2.57. The molecule has 0 aliphatic carbocycles. The Labute approximate surface area is 139 Å². The monoisotopic (exact) mass is 307 g/mol. The summed E-state index contributed by atoms with van der Waals surface area (Å²) in [5.41, 5.74) is 6.63. The molecule has 2 aromatic carbocycles. The summed E-state index contributed by atoms with van der Waals surface area (Å²) >= 11 is 0. The number of benzene rings is 2. The second kappa shape index (κ2) is 7.93. The average molecular weight is 307 g/mol. The number of hydrazone groups is 1. The first-order chi connectivity index (χ1) is 11.3. The molecule has 3 nitrogen and oxygen atoms in total. The summed E-state index contributed by atoms with van der Waals surface area (Å²) in [6.45, 7) is 5.77. The molecule has 0 spiro atoms. The molecular weight excluding hydrogens is 282 g/mol. The van der Waals surface area contributed by atoms with Crippen molar-refractivity contribution in [2.45, 2.75) is 26.3 Å². The number of anilines is 1. The van der Waals surface area contributed by atoms with Gasteiger partial charge in [-0.2, -0.15) is 5.10 Å². The normalized spacial score (nSPS) is 19.1. The Kier molecular flexibility index (Phi) is 5.43. The van der Waals surface area contributed by atoms with E-state index >= 15 is 0 Å². The highest BCUT2D eigenvalue weighted by Gasteiger charge is 2.16. The number of para-hydroxylation sites is 1. The number of rotatable bonds is 5. The molecule has 1 aliphatic heterocycles. The number of hydrogen-bond acceptors (Lipinski definition) is 3. The summed E-state index contributed by atoms with van der Waals surface area (Å²) in [5, 5.41) is 4.39. The molecule has 1 aliphatic rings. The summed E-state index contributed by atoms with van der Waals surface area (Å²) in [6, 6.07) is 18.6. The van der Waals surface area contributed by atoms with E-state index in [4.69, 9.17) is 0 Å². The topological polar surface area (TPSA) is 27.6 Å². The van der Waals surface area contributed by atoms with E-state index in [9.17, 15) is 0 Å². The third kappa shape index (κ3) is 4.67. The lowest BCUT2D eigenvalue weighted by Crippen LogP contribution is -2.34. The number of nitrogens with one attached hydrogen (secondary N) is 1. The van der Waals surface area contributed by atoms with Gasteiger partial charge in [0.2, 0.25) is 0 Å². The number of piperidine rings is 1. The Morgan fingerprint density at radius 1 is 1.13 bits per heavy atom. The lowest BCUT2D eigenvalue weighted by molar-refractivity contribution is 0.176. The molecule has 0 aromatic heterocycles. The zero-order valence-corrected chi connectivity index (χ0v) is 13.8. The Balaban J connectivity index is 1.65. The molecule has 1 saturated heterocycles. The second-order valence-corrected chi connectivity index (χ2v) is 6.42. The van der Waals surface area contributed by atoms with Gasteiger partial charge in [-0.1, -0.05) is 49.4 Å². The molecule has 0 bridgehead atoms. The minimum atomic E-state index is 0.810. The molecule has 23 heavy (non-hydrogen) atoms. The van der Waals surface area contributed by atoms with Gasteiger partial charge in [0.25, 0.3) is 0 Å². The van der Waals surface area contributed by atoms with E-state index < -0.39 is 0 Å². The molecule has 120 valence electrons. The summed E-state index contributed by atoms with van der Waals surface area (Å²) in [6.07, 6.45) is 4.60. The fourth-order valence-corrected chi connectivity index (χ4v) is 3.16. The predicted octanol–water partition coefficient (Wildman–Crippen LogP) is 4.36. The van der Waals surface area contributed by atoms with Gasteiger partial charge in [0.05, 0.1) is 11.9 Å². The van der Waals surface area contributed by atoms with Crippen LogP contribution in [0.15, 0.2) is 59.7 Å². The van der Waals surface area contributed by atoms with Crippen LogP contribution in [0.2, 0.25) is 0 Å². The van der Waals surface area contributed by atoms with Crippen molar-refractivity contribution in [3.05, 3.63) is 65.7 Å². The largest absolute Gasteiger partial charge is 0.299 e. The van der Waals surface area contributed by atoms with Crippen LogP contribution in [0.1, 0.15) is 30.9 Å². The highest BCUT2D eigenvalue weighted by atomic mass is 15.3. The number of nitrogens with zero attached hydrogens (tertiary/aromatic N) is 2. The molecular formula is C20H25N3. The fraction of sp³-hybridized carbons (Fsp3) is 0.350. The van der Waals surface area contributed by atoms with Gasteiger partial charge in [-0.3, -0.25) is 10.3 Å². The van der Waals surface area contributed by atoms with Crippen molar-refractivity contribution >= 4 is 11.9 Å². The zero-order valence-electron chi connectivity index (χ0n) is 13.8. The molecule has 0 amide bonds. The first kappa shape index (κ1) is 15.8. The van der Waals surface area contributed by atoms with Crippen LogP contribution < -0.4 is 5.43 Å². The van der Waals surface area contributed by atoms with Gasteiger partial charge in [0.1, 0.15) is 0 Å². The third-order valence-corrected chi connectivity index (χ3v) is 4.36. The first-order valence-corrected chi connectivity index (χ1v) is 8.45. The summed E-state index contributed by atoms with van der Waals surface area (Å²) in [4.78, 5) is 2.56. The van der Waals surface area contributed by atoms with Crippen LogP contribution in [0.25, 0.3) is 0 Å². The van der Waals surface area contributed by atoms with Crippen molar-refractivity contribution in [3.63, 3.8) is 0 Å². The van der Waals surface area contributed by atoms with E-state index in [0.29, 0.717) is 0 Å². The Morgan fingerprint density at radius 3 is 2.74 bits per heavy atom. The van der Waals surface area contributed by atoms with Gasteiger partial charge in [-0.15, -0.1) is 0 Å². The van der Waals surface area contributed by atoms with Crippen molar-refractivity contribution in [3.8, 4) is 0 Å². The van der Waals surface area contributed by atoms with E-state index in [1.54, 1.807) is 0 Å². The summed E-state index contributed by atoms with van der Waals surface area (Å²) < 4.78 is 0. The van der Waals surface area contributed by atoms with Crippen LogP contribution in [0, 0.1) is 5.92 Å². The zero-order chi connectivity index (χ0) is 15.9. The predicted molar refractivity (Wildman–Crippen MR) is 97.8 cm³/mol. The SMILES string of the molecule is CC1CCCN(Cc2ccccc2C=NNc2ccccc2)C1. The van der Waals surface area contributed by atoms with Crippen molar-refractivity contribution in [2.75, 3.05) is 18.5 Å². The minimum Gasteiger partial charge on any atom is -0.299 e. The van der Waals surface area contributed by atoms with E-state index in [0.717, 1.165) is 18.2 Å². The van der Waals surface area contributed by atoms with Crippen molar-refractivity contribution in [1.82, 2.24) is 4.90 Å². The molecule has 3 rings (SSSR count). The van der Waals surface area contributed by atoms with E-state index in [2.05, 4.69) is 46.6 Å². The van der Waals surface area contributed by atoms with Crippen molar-refractivity contribution in [2.24, 2.45) is 11.0 Å². The number of likely N-dealkylation sites (tertiary alicyclic amines) is 1. The highest BCUT2D eigenvalue weighted by molar-refractivity contribution is 5.82. The van der Waals surface area contributed by atoms with E-state index in [-0.39, 0.29) is 0 Å². The Hall–Kier alpha value is -2.13. The van der Waals surface area contributed by atoms with Crippen LogP contribution >= 0.6 is 0 Å². The van der Waals surface area contributed by atoms with E-state index in [1.807, 2.05) is 36.5 Å². The second-order valence-electron chi connectivity index (χ2n) is 6.42. The molecule has 2 aromatic rings. The maximum Gasteiger partial charge on any atom is 0.0561 e. The van der Waals surface area contributed by atoms with Crippen LogP contribution in [-0.2, 0) is 6.54 Å². The molecule has 3 heteroatoms.